The molecule has 1 saturated heterocycles. The van der Waals surface area contributed by atoms with E-state index in [1.54, 1.807) is 5.32 Å². The van der Waals surface area contributed by atoms with Gasteiger partial charge in [-0.05, 0) is 11.6 Å². The number of hydrogen-bond acceptors (Lipinski definition) is 3. The minimum absolute atomic E-state index is 0.123. The highest BCUT2D eigenvalue weighted by atomic mass is 35.5. The van der Waals surface area contributed by atoms with Crippen LogP contribution in [0.5, 0.6) is 0 Å². The number of ether oxygens (including phenoxy) is 1. The van der Waals surface area contributed by atoms with Crippen molar-refractivity contribution in [2.75, 3.05) is 6.61 Å². The standard InChI is InChI=1S/C6H6ClF2NO3/c7-6(8,9)5(12)10-3-1-2-13-4(3)11/h3H,1-2H2,(H,10,12). The Hall–Kier alpha value is -0.910. The first-order valence-electron chi connectivity index (χ1n) is 3.45. The van der Waals surface area contributed by atoms with Crippen molar-refractivity contribution < 1.29 is 23.1 Å². The number of cyclic esters (lactones) is 1. The van der Waals surface area contributed by atoms with Crippen molar-refractivity contribution in [2.24, 2.45) is 0 Å². The van der Waals surface area contributed by atoms with E-state index in [1.807, 2.05) is 0 Å². The van der Waals surface area contributed by atoms with E-state index in [9.17, 15) is 18.4 Å². The van der Waals surface area contributed by atoms with Gasteiger partial charge < -0.3 is 10.1 Å². The first-order chi connectivity index (χ1) is 5.91. The summed E-state index contributed by atoms with van der Waals surface area (Å²) in [5.41, 5.74) is 0. The Morgan fingerprint density at radius 3 is 2.69 bits per heavy atom. The van der Waals surface area contributed by atoms with Crippen molar-refractivity contribution in [3.63, 3.8) is 0 Å². The van der Waals surface area contributed by atoms with E-state index in [1.165, 1.54) is 0 Å². The summed E-state index contributed by atoms with van der Waals surface area (Å²) in [4.78, 5) is 21.3. The lowest BCUT2D eigenvalue weighted by Crippen LogP contribution is -2.44. The van der Waals surface area contributed by atoms with Gasteiger partial charge in [0.1, 0.15) is 6.04 Å². The van der Waals surface area contributed by atoms with Crippen LogP contribution in [0.15, 0.2) is 0 Å². The number of nitrogens with one attached hydrogen (secondary N) is 1. The molecule has 13 heavy (non-hydrogen) atoms. The Morgan fingerprint density at radius 1 is 1.69 bits per heavy atom. The zero-order chi connectivity index (χ0) is 10.1. The summed E-state index contributed by atoms with van der Waals surface area (Å²) in [5, 5.41) is -2.21. The van der Waals surface area contributed by atoms with E-state index in [4.69, 9.17) is 0 Å². The van der Waals surface area contributed by atoms with Gasteiger partial charge >= 0.3 is 17.3 Å². The van der Waals surface area contributed by atoms with Gasteiger partial charge in [0.2, 0.25) is 0 Å². The van der Waals surface area contributed by atoms with Gasteiger partial charge in [-0.15, -0.1) is 0 Å². The Bertz CT molecular complexity index is 241. The average Bonchev–Trinajstić information content (AvgIpc) is 2.34. The Labute approximate surface area is 77.2 Å². The smallest absolute Gasteiger partial charge is 0.399 e. The highest BCUT2D eigenvalue weighted by Gasteiger charge is 2.39. The second-order valence-corrected chi connectivity index (χ2v) is 2.95. The highest BCUT2D eigenvalue weighted by Crippen LogP contribution is 2.19. The largest absolute Gasteiger partial charge is 0.464 e. The zero-order valence-corrected chi connectivity index (χ0v) is 7.11. The number of hydrogen-bond donors (Lipinski definition) is 1. The molecule has 1 N–H and O–H groups in total. The van der Waals surface area contributed by atoms with E-state index < -0.39 is 23.3 Å². The molecule has 0 radical (unpaired) electrons. The minimum atomic E-state index is -3.98. The SMILES string of the molecule is O=C1OCCC1NC(=O)C(F)(F)Cl. The summed E-state index contributed by atoms with van der Waals surface area (Å²) in [6.45, 7) is 0.123. The van der Waals surface area contributed by atoms with Gasteiger partial charge in [-0.3, -0.25) is 4.79 Å². The van der Waals surface area contributed by atoms with E-state index >= 15 is 0 Å². The van der Waals surface area contributed by atoms with Crippen LogP contribution in [0.3, 0.4) is 0 Å². The van der Waals surface area contributed by atoms with Gasteiger partial charge in [0.05, 0.1) is 6.61 Å². The van der Waals surface area contributed by atoms with Crippen molar-refractivity contribution in [1.29, 1.82) is 0 Å². The van der Waals surface area contributed by atoms with Gasteiger partial charge in [0, 0.05) is 6.42 Å². The third-order valence-electron chi connectivity index (χ3n) is 1.50. The fourth-order valence-electron chi connectivity index (χ4n) is 0.867. The van der Waals surface area contributed by atoms with Crippen molar-refractivity contribution in [2.45, 2.75) is 17.8 Å². The molecular formula is C6H6ClF2NO3. The molecule has 1 atom stereocenters. The number of rotatable bonds is 2. The maximum atomic E-state index is 12.1. The van der Waals surface area contributed by atoms with Crippen LogP contribution in [-0.4, -0.2) is 29.9 Å². The Kier molecular flexibility index (Phi) is 2.70. The summed E-state index contributed by atoms with van der Waals surface area (Å²) in [7, 11) is 0. The molecule has 1 rings (SSSR count). The fraction of sp³-hybridized carbons (Fsp3) is 0.667. The van der Waals surface area contributed by atoms with Gasteiger partial charge in [-0.25, -0.2) is 4.79 Å². The number of amides is 1. The quantitative estimate of drug-likeness (QED) is 0.529. The van der Waals surface area contributed by atoms with E-state index in [2.05, 4.69) is 16.3 Å². The summed E-state index contributed by atoms with van der Waals surface area (Å²) in [6.07, 6.45) is 0.192. The summed E-state index contributed by atoms with van der Waals surface area (Å²) < 4.78 is 28.6. The van der Waals surface area contributed by atoms with Crippen molar-refractivity contribution in [3.8, 4) is 0 Å². The van der Waals surface area contributed by atoms with Gasteiger partial charge in [-0.2, -0.15) is 8.78 Å². The zero-order valence-electron chi connectivity index (χ0n) is 6.35. The molecule has 7 heteroatoms. The number of halogens is 3. The van der Waals surface area contributed by atoms with Crippen LogP contribution in [0.2, 0.25) is 0 Å². The lowest BCUT2D eigenvalue weighted by atomic mass is 10.2. The fourth-order valence-corrected chi connectivity index (χ4v) is 0.922. The number of esters is 1. The van der Waals surface area contributed by atoms with E-state index in [0.29, 0.717) is 0 Å². The molecule has 0 aromatic rings. The second kappa shape index (κ2) is 3.45. The average molecular weight is 214 g/mol. The summed E-state index contributed by atoms with van der Waals surface area (Å²) in [5.74, 6) is -2.40. The molecule has 0 aliphatic carbocycles. The van der Waals surface area contributed by atoms with Crippen LogP contribution in [0.4, 0.5) is 8.78 Å². The number of alkyl halides is 3. The molecule has 0 bridgehead atoms. The molecule has 1 aliphatic rings. The van der Waals surface area contributed by atoms with Crippen LogP contribution < -0.4 is 5.32 Å². The molecule has 1 fully saturated rings. The molecule has 1 unspecified atom stereocenters. The molecule has 0 spiro atoms. The van der Waals surface area contributed by atoms with Crippen molar-refractivity contribution in [3.05, 3.63) is 0 Å². The first-order valence-corrected chi connectivity index (χ1v) is 3.83. The second-order valence-electron chi connectivity index (χ2n) is 2.48. The lowest BCUT2D eigenvalue weighted by Gasteiger charge is -2.11. The van der Waals surface area contributed by atoms with Gasteiger partial charge in [0.25, 0.3) is 0 Å². The predicted molar refractivity (Wildman–Crippen MR) is 38.3 cm³/mol. The Balaban J connectivity index is 2.49. The number of carbonyl (C=O) groups is 2. The third-order valence-corrected chi connectivity index (χ3v) is 1.67. The molecular weight excluding hydrogens is 208 g/mol. The minimum Gasteiger partial charge on any atom is -0.464 e. The lowest BCUT2D eigenvalue weighted by molar-refractivity contribution is -0.144. The molecule has 0 aromatic carbocycles. The van der Waals surface area contributed by atoms with E-state index in [0.717, 1.165) is 0 Å². The number of carbonyl (C=O) groups excluding carboxylic acids is 2. The van der Waals surface area contributed by atoms with Crippen LogP contribution in [0, 0.1) is 0 Å². The molecule has 1 aliphatic heterocycles. The molecule has 74 valence electrons. The molecule has 0 saturated carbocycles. The molecule has 4 nitrogen and oxygen atoms in total. The highest BCUT2D eigenvalue weighted by molar-refractivity contribution is 6.32. The van der Waals surface area contributed by atoms with Crippen molar-refractivity contribution in [1.82, 2.24) is 5.32 Å². The maximum absolute atomic E-state index is 12.1. The molecule has 1 amide bonds. The molecule has 1 heterocycles. The maximum Gasteiger partial charge on any atom is 0.399 e. The molecule has 0 aromatic heterocycles. The first kappa shape index (κ1) is 10.2. The normalized spacial score (nSPS) is 22.7. The third kappa shape index (κ3) is 2.51. The van der Waals surface area contributed by atoms with Crippen LogP contribution in [-0.2, 0) is 14.3 Å². The van der Waals surface area contributed by atoms with Gasteiger partial charge in [0.15, 0.2) is 0 Å². The monoisotopic (exact) mass is 213 g/mol. The van der Waals surface area contributed by atoms with Crippen LogP contribution in [0.1, 0.15) is 6.42 Å². The summed E-state index contributed by atoms with van der Waals surface area (Å²) >= 11 is 4.41. The Morgan fingerprint density at radius 2 is 2.31 bits per heavy atom. The predicted octanol–water partition coefficient (Wildman–Crippen LogP) is 0.250. The summed E-state index contributed by atoms with van der Waals surface area (Å²) in [6, 6.07) is -1.00. The van der Waals surface area contributed by atoms with Crippen LogP contribution in [0.25, 0.3) is 0 Å². The topological polar surface area (TPSA) is 55.4 Å². The van der Waals surface area contributed by atoms with E-state index in [-0.39, 0.29) is 13.0 Å². The van der Waals surface area contributed by atoms with Gasteiger partial charge in [-0.1, -0.05) is 0 Å². The van der Waals surface area contributed by atoms with Crippen LogP contribution >= 0.6 is 11.6 Å². The van der Waals surface area contributed by atoms with Crippen molar-refractivity contribution >= 4 is 23.5 Å².